The van der Waals surface area contributed by atoms with Crippen LogP contribution in [0.3, 0.4) is 0 Å². The van der Waals surface area contributed by atoms with E-state index in [1.165, 1.54) is 10.5 Å². The second-order valence-corrected chi connectivity index (χ2v) is 5.04. The van der Waals surface area contributed by atoms with E-state index in [-0.39, 0.29) is 5.56 Å². The molecule has 0 saturated heterocycles. The Morgan fingerprint density at radius 1 is 1.24 bits per heavy atom. The minimum atomic E-state index is -0.181. The highest BCUT2D eigenvalue weighted by Crippen LogP contribution is 2.08. The first-order chi connectivity index (χ1) is 10.2. The van der Waals surface area contributed by atoms with Crippen molar-refractivity contribution in [3.8, 4) is 0 Å². The molecular formula is C13H13ClN6O. The van der Waals surface area contributed by atoms with Gasteiger partial charge in [-0.3, -0.25) is 9.20 Å². The lowest BCUT2D eigenvalue weighted by Crippen LogP contribution is -2.16. The van der Waals surface area contributed by atoms with Gasteiger partial charge in [-0.15, -0.1) is 5.10 Å². The molecule has 3 aromatic heterocycles. The fourth-order valence-electron chi connectivity index (χ4n) is 2.05. The first kappa shape index (κ1) is 13.7. The van der Waals surface area contributed by atoms with Gasteiger partial charge in [-0.2, -0.15) is 0 Å². The Morgan fingerprint density at radius 3 is 2.90 bits per heavy atom. The van der Waals surface area contributed by atoms with Gasteiger partial charge in [-0.05, 0) is 18.7 Å². The van der Waals surface area contributed by atoms with E-state index in [4.69, 9.17) is 17.3 Å². The minimum Gasteiger partial charge on any atom is -0.330 e. The largest absolute Gasteiger partial charge is 0.330 e. The zero-order valence-electron chi connectivity index (χ0n) is 11.1. The van der Waals surface area contributed by atoms with Crippen LogP contribution in [0, 0.1) is 0 Å². The number of rotatable bonds is 4. The maximum Gasteiger partial charge on any atom is 0.258 e. The number of halogens is 1. The van der Waals surface area contributed by atoms with E-state index < -0.39 is 0 Å². The molecule has 7 nitrogen and oxygen atoms in total. The lowest BCUT2D eigenvalue weighted by Gasteiger charge is -2.04. The number of aromatic nitrogens is 5. The molecule has 0 bridgehead atoms. The second-order valence-electron chi connectivity index (χ2n) is 4.61. The molecule has 8 heteroatoms. The summed E-state index contributed by atoms with van der Waals surface area (Å²) >= 11 is 5.87. The van der Waals surface area contributed by atoms with Crippen molar-refractivity contribution >= 4 is 17.2 Å². The molecule has 0 aliphatic heterocycles. The van der Waals surface area contributed by atoms with Crippen LogP contribution in [-0.4, -0.2) is 30.9 Å². The first-order valence-electron chi connectivity index (χ1n) is 6.42. The number of hydrogen-bond donors (Lipinski definition) is 1. The molecule has 3 heterocycles. The standard InChI is InChI=1S/C13H13ClN6O/c14-9-1-2-12-16-11(5-13(21)20(12)6-9)8-19-7-10(3-4-15)17-18-19/h1-2,5-7H,3-4,8,15H2. The lowest BCUT2D eigenvalue weighted by molar-refractivity contribution is 0.637. The van der Waals surface area contributed by atoms with Crippen molar-refractivity contribution in [3.63, 3.8) is 0 Å². The van der Waals surface area contributed by atoms with Crippen LogP contribution in [0.5, 0.6) is 0 Å². The predicted molar refractivity (Wildman–Crippen MR) is 78.4 cm³/mol. The van der Waals surface area contributed by atoms with Crippen molar-refractivity contribution in [1.82, 2.24) is 24.4 Å². The van der Waals surface area contributed by atoms with Crippen molar-refractivity contribution in [2.45, 2.75) is 13.0 Å². The molecule has 0 aliphatic rings. The van der Waals surface area contributed by atoms with Crippen LogP contribution in [0.1, 0.15) is 11.4 Å². The number of nitrogens with two attached hydrogens (primary N) is 1. The Kier molecular flexibility index (Phi) is 3.68. The number of nitrogens with zero attached hydrogens (tertiary/aromatic N) is 5. The van der Waals surface area contributed by atoms with Gasteiger partial charge in [0.05, 0.1) is 23.0 Å². The third kappa shape index (κ3) is 2.93. The van der Waals surface area contributed by atoms with Crippen molar-refractivity contribution in [2.75, 3.05) is 6.54 Å². The molecule has 0 spiro atoms. The summed E-state index contributed by atoms with van der Waals surface area (Å²) in [5.74, 6) is 0. The van der Waals surface area contributed by atoms with Gasteiger partial charge in [0, 0.05) is 24.9 Å². The van der Waals surface area contributed by atoms with Crippen LogP contribution in [0.15, 0.2) is 35.4 Å². The fraction of sp³-hybridized carbons (Fsp3) is 0.231. The first-order valence-corrected chi connectivity index (χ1v) is 6.80. The van der Waals surface area contributed by atoms with Crippen LogP contribution in [-0.2, 0) is 13.0 Å². The van der Waals surface area contributed by atoms with E-state index in [1.807, 2.05) is 0 Å². The van der Waals surface area contributed by atoms with Gasteiger partial charge in [0.2, 0.25) is 0 Å². The molecular weight excluding hydrogens is 292 g/mol. The second kappa shape index (κ2) is 5.63. The molecule has 0 unspecified atom stereocenters. The summed E-state index contributed by atoms with van der Waals surface area (Å²) in [6.45, 7) is 0.904. The molecule has 0 aromatic carbocycles. The smallest absolute Gasteiger partial charge is 0.258 e. The molecule has 0 saturated carbocycles. The summed E-state index contributed by atoms with van der Waals surface area (Å²) in [4.78, 5) is 16.5. The monoisotopic (exact) mass is 304 g/mol. The van der Waals surface area contributed by atoms with Gasteiger partial charge < -0.3 is 5.73 Å². The highest BCUT2D eigenvalue weighted by Gasteiger charge is 2.06. The summed E-state index contributed by atoms with van der Waals surface area (Å²) in [6, 6.07) is 4.87. The van der Waals surface area contributed by atoms with Crippen LogP contribution >= 0.6 is 11.6 Å². The van der Waals surface area contributed by atoms with E-state index >= 15 is 0 Å². The molecule has 0 fully saturated rings. The third-order valence-corrected chi connectivity index (χ3v) is 3.21. The van der Waals surface area contributed by atoms with Crippen molar-refractivity contribution in [1.29, 1.82) is 0 Å². The molecule has 3 rings (SSSR count). The number of fused-ring (bicyclic) bond motifs is 1. The Hall–Kier alpha value is -2.25. The molecule has 0 radical (unpaired) electrons. The minimum absolute atomic E-state index is 0.181. The summed E-state index contributed by atoms with van der Waals surface area (Å²) < 4.78 is 3.05. The van der Waals surface area contributed by atoms with Gasteiger partial charge >= 0.3 is 0 Å². The molecule has 0 atom stereocenters. The molecule has 0 amide bonds. The van der Waals surface area contributed by atoms with Crippen molar-refractivity contribution in [2.24, 2.45) is 5.73 Å². The highest BCUT2D eigenvalue weighted by atomic mass is 35.5. The Balaban J connectivity index is 1.93. The summed E-state index contributed by atoms with van der Waals surface area (Å²) in [5.41, 5.74) is 7.28. The van der Waals surface area contributed by atoms with Gasteiger partial charge in [-0.1, -0.05) is 16.8 Å². The van der Waals surface area contributed by atoms with E-state index in [0.717, 1.165) is 5.69 Å². The van der Waals surface area contributed by atoms with Gasteiger partial charge in [-0.25, -0.2) is 9.67 Å². The predicted octanol–water partition coefficient (Wildman–Crippen LogP) is 0.489. The SMILES string of the molecule is NCCc1cn(Cc2cc(=O)n3cc(Cl)ccc3n2)nn1. The third-order valence-electron chi connectivity index (χ3n) is 2.99. The van der Waals surface area contributed by atoms with E-state index in [9.17, 15) is 4.79 Å². The Labute approximate surface area is 125 Å². The zero-order chi connectivity index (χ0) is 14.8. The average molecular weight is 305 g/mol. The van der Waals surface area contributed by atoms with Crippen molar-refractivity contribution in [3.05, 3.63) is 57.4 Å². The molecule has 2 N–H and O–H groups in total. The normalized spacial score (nSPS) is 11.1. The van der Waals surface area contributed by atoms with Crippen LogP contribution in [0.2, 0.25) is 5.02 Å². The quantitative estimate of drug-likeness (QED) is 0.757. The zero-order valence-corrected chi connectivity index (χ0v) is 11.9. The number of pyridine rings is 1. The molecule has 0 aliphatic carbocycles. The Morgan fingerprint density at radius 2 is 2.10 bits per heavy atom. The van der Waals surface area contributed by atoms with E-state index in [1.54, 1.807) is 29.2 Å². The van der Waals surface area contributed by atoms with Gasteiger partial charge in [0.15, 0.2) is 0 Å². The molecule has 108 valence electrons. The topological polar surface area (TPSA) is 91.1 Å². The average Bonchev–Trinajstić information content (AvgIpc) is 2.87. The van der Waals surface area contributed by atoms with Crippen LogP contribution < -0.4 is 11.3 Å². The Bertz CT molecular complexity index is 840. The lowest BCUT2D eigenvalue weighted by atomic mass is 10.3. The molecule has 3 aromatic rings. The van der Waals surface area contributed by atoms with E-state index in [0.29, 0.717) is 35.9 Å². The summed E-state index contributed by atoms with van der Waals surface area (Å²) in [6.07, 6.45) is 4.02. The number of hydrogen-bond acceptors (Lipinski definition) is 5. The highest BCUT2D eigenvalue weighted by molar-refractivity contribution is 6.30. The fourth-order valence-corrected chi connectivity index (χ4v) is 2.21. The van der Waals surface area contributed by atoms with E-state index in [2.05, 4.69) is 15.3 Å². The maximum absolute atomic E-state index is 12.1. The van der Waals surface area contributed by atoms with Gasteiger partial charge in [0.1, 0.15) is 5.65 Å². The van der Waals surface area contributed by atoms with Crippen LogP contribution in [0.4, 0.5) is 0 Å². The summed E-state index contributed by atoms with van der Waals surface area (Å²) in [5, 5.41) is 8.49. The molecule has 21 heavy (non-hydrogen) atoms. The maximum atomic E-state index is 12.1. The van der Waals surface area contributed by atoms with Gasteiger partial charge in [0.25, 0.3) is 5.56 Å². The van der Waals surface area contributed by atoms with Crippen LogP contribution in [0.25, 0.3) is 5.65 Å². The van der Waals surface area contributed by atoms with Crippen molar-refractivity contribution < 1.29 is 0 Å². The summed E-state index contributed by atoms with van der Waals surface area (Å²) in [7, 11) is 0.